The third kappa shape index (κ3) is 5.28. The summed E-state index contributed by atoms with van der Waals surface area (Å²) in [6.07, 6.45) is 1.06. The molecule has 1 aromatic rings. The van der Waals surface area contributed by atoms with Crippen LogP contribution in [0, 0.1) is 3.57 Å². The van der Waals surface area contributed by atoms with Crippen molar-refractivity contribution in [1.82, 2.24) is 5.32 Å². The minimum Gasteiger partial charge on any atom is -0.496 e. The van der Waals surface area contributed by atoms with E-state index < -0.39 is 0 Å². The highest BCUT2D eigenvalue weighted by atomic mass is 127. The summed E-state index contributed by atoms with van der Waals surface area (Å²) in [5.74, 6) is 0.974. The maximum Gasteiger partial charge on any atom is 0.122 e. The van der Waals surface area contributed by atoms with Crippen LogP contribution in [0.1, 0.15) is 25.8 Å². The van der Waals surface area contributed by atoms with Gasteiger partial charge in [0.05, 0.1) is 13.7 Å². The van der Waals surface area contributed by atoms with Crippen LogP contribution >= 0.6 is 22.6 Å². The van der Waals surface area contributed by atoms with Gasteiger partial charge in [-0.05, 0) is 59.2 Å². The summed E-state index contributed by atoms with van der Waals surface area (Å²) in [7, 11) is 3.46. The monoisotopic (exact) mass is 377 g/mol. The fraction of sp³-hybridized carbons (Fsp3) is 0.600. The van der Waals surface area contributed by atoms with Gasteiger partial charge >= 0.3 is 0 Å². The zero-order chi connectivity index (χ0) is 14.3. The Kier molecular flexibility index (Phi) is 7.10. The number of ether oxygens (including phenoxy) is 2. The molecule has 108 valence electrons. The van der Waals surface area contributed by atoms with Crippen LogP contribution in [-0.2, 0) is 10.2 Å². The summed E-state index contributed by atoms with van der Waals surface area (Å²) in [6, 6.07) is 6.35. The Morgan fingerprint density at radius 1 is 1.21 bits per heavy atom. The molecular formula is C15H24INO2. The van der Waals surface area contributed by atoms with E-state index >= 15 is 0 Å². The third-order valence-electron chi connectivity index (χ3n) is 3.30. The highest BCUT2D eigenvalue weighted by Gasteiger charge is 2.24. The van der Waals surface area contributed by atoms with E-state index in [4.69, 9.17) is 9.47 Å². The molecule has 0 atom stereocenters. The van der Waals surface area contributed by atoms with Crippen LogP contribution in [0.3, 0.4) is 0 Å². The molecule has 1 rings (SSSR count). The molecule has 0 bridgehead atoms. The molecule has 0 radical (unpaired) electrons. The lowest BCUT2D eigenvalue weighted by Gasteiger charge is -2.27. The number of rotatable bonds is 8. The fourth-order valence-electron chi connectivity index (χ4n) is 2.04. The molecule has 0 saturated carbocycles. The molecule has 0 aliphatic rings. The topological polar surface area (TPSA) is 30.5 Å². The molecule has 4 heteroatoms. The lowest BCUT2D eigenvalue weighted by atomic mass is 9.81. The molecule has 1 N–H and O–H groups in total. The number of nitrogens with one attached hydrogen (secondary N) is 1. The van der Waals surface area contributed by atoms with E-state index in [1.54, 1.807) is 14.2 Å². The van der Waals surface area contributed by atoms with Gasteiger partial charge in [-0.25, -0.2) is 0 Å². The van der Waals surface area contributed by atoms with Crippen molar-refractivity contribution in [3.05, 3.63) is 27.3 Å². The molecule has 0 aromatic heterocycles. The second kappa shape index (κ2) is 8.07. The lowest BCUT2D eigenvalue weighted by Crippen LogP contribution is -2.28. The molecule has 0 heterocycles. The second-order valence-corrected chi connectivity index (χ2v) is 6.47. The molecule has 0 saturated heterocycles. The summed E-state index contributed by atoms with van der Waals surface area (Å²) >= 11 is 2.35. The van der Waals surface area contributed by atoms with Gasteiger partial charge in [-0.2, -0.15) is 0 Å². The van der Waals surface area contributed by atoms with Gasteiger partial charge in [-0.1, -0.05) is 13.8 Å². The van der Waals surface area contributed by atoms with Gasteiger partial charge in [0, 0.05) is 22.8 Å². The molecule has 1 aromatic carbocycles. The number of hydrogen-bond acceptors (Lipinski definition) is 3. The van der Waals surface area contributed by atoms with Crippen LogP contribution in [0.25, 0.3) is 0 Å². The molecule has 3 nitrogen and oxygen atoms in total. The molecule has 0 aliphatic heterocycles. The Bertz CT molecular complexity index is 394. The van der Waals surface area contributed by atoms with Crippen LogP contribution in [0.4, 0.5) is 0 Å². The summed E-state index contributed by atoms with van der Waals surface area (Å²) < 4.78 is 11.8. The standard InChI is InChI=1S/C15H24INO2/c1-15(2,7-8-17-9-10-18-3)13-11-12(16)5-6-14(13)19-4/h5-6,11,17H,7-10H2,1-4H3. The van der Waals surface area contributed by atoms with E-state index in [-0.39, 0.29) is 5.41 Å². The van der Waals surface area contributed by atoms with Gasteiger partial charge < -0.3 is 14.8 Å². The van der Waals surface area contributed by atoms with E-state index in [2.05, 4.69) is 60.0 Å². The van der Waals surface area contributed by atoms with Crippen LogP contribution < -0.4 is 10.1 Å². The first-order chi connectivity index (χ1) is 9.01. The quantitative estimate of drug-likeness (QED) is 0.558. The largest absolute Gasteiger partial charge is 0.496 e. The van der Waals surface area contributed by atoms with E-state index in [1.807, 2.05) is 0 Å². The van der Waals surface area contributed by atoms with Gasteiger partial charge in [-0.3, -0.25) is 0 Å². The summed E-state index contributed by atoms with van der Waals surface area (Å²) in [5, 5.41) is 3.40. The highest BCUT2D eigenvalue weighted by Crippen LogP contribution is 2.35. The van der Waals surface area contributed by atoms with Crippen LogP contribution in [0.15, 0.2) is 18.2 Å². The number of methoxy groups -OCH3 is 2. The number of hydrogen-bond donors (Lipinski definition) is 1. The SMILES string of the molecule is COCCNCCC(C)(C)c1cc(I)ccc1OC. The molecule has 0 spiro atoms. The lowest BCUT2D eigenvalue weighted by molar-refractivity contribution is 0.198. The molecule has 19 heavy (non-hydrogen) atoms. The molecule has 0 fully saturated rings. The minimum absolute atomic E-state index is 0.0899. The Morgan fingerprint density at radius 2 is 1.95 bits per heavy atom. The molecular weight excluding hydrogens is 353 g/mol. The normalized spacial score (nSPS) is 11.6. The van der Waals surface area contributed by atoms with Crippen LogP contribution in [0.2, 0.25) is 0 Å². The van der Waals surface area contributed by atoms with E-state index in [1.165, 1.54) is 9.13 Å². The van der Waals surface area contributed by atoms with Crippen molar-refractivity contribution in [1.29, 1.82) is 0 Å². The summed E-state index contributed by atoms with van der Waals surface area (Å²) in [6.45, 7) is 7.16. The Hall–Kier alpha value is -0.330. The maximum absolute atomic E-state index is 5.49. The maximum atomic E-state index is 5.49. The summed E-state index contributed by atoms with van der Waals surface area (Å²) in [5.41, 5.74) is 1.36. The number of halogens is 1. The smallest absolute Gasteiger partial charge is 0.122 e. The van der Waals surface area contributed by atoms with E-state index in [0.717, 1.165) is 31.9 Å². The van der Waals surface area contributed by atoms with Crippen molar-refractivity contribution < 1.29 is 9.47 Å². The van der Waals surface area contributed by atoms with E-state index in [0.29, 0.717) is 0 Å². The highest BCUT2D eigenvalue weighted by molar-refractivity contribution is 14.1. The van der Waals surface area contributed by atoms with Crippen LogP contribution in [0.5, 0.6) is 5.75 Å². The first-order valence-electron chi connectivity index (χ1n) is 6.55. The first kappa shape index (κ1) is 16.7. The zero-order valence-electron chi connectivity index (χ0n) is 12.3. The Morgan fingerprint density at radius 3 is 2.58 bits per heavy atom. The predicted molar refractivity (Wildman–Crippen MR) is 88.1 cm³/mol. The summed E-state index contributed by atoms with van der Waals surface area (Å²) in [4.78, 5) is 0. The molecule has 0 aliphatic carbocycles. The number of benzene rings is 1. The van der Waals surface area contributed by atoms with Crippen molar-refractivity contribution >= 4 is 22.6 Å². The van der Waals surface area contributed by atoms with Crippen LogP contribution in [-0.4, -0.2) is 33.9 Å². The van der Waals surface area contributed by atoms with Crippen molar-refractivity contribution in [3.8, 4) is 5.75 Å². The average Bonchev–Trinajstić information content (AvgIpc) is 2.38. The minimum atomic E-state index is 0.0899. The van der Waals surface area contributed by atoms with Crippen molar-refractivity contribution in [3.63, 3.8) is 0 Å². The van der Waals surface area contributed by atoms with E-state index in [9.17, 15) is 0 Å². The fourth-order valence-corrected chi connectivity index (χ4v) is 2.54. The Labute approximate surface area is 130 Å². The van der Waals surface area contributed by atoms with Crippen molar-refractivity contribution in [2.45, 2.75) is 25.7 Å². The predicted octanol–water partition coefficient (Wildman–Crippen LogP) is 3.20. The van der Waals surface area contributed by atoms with Gasteiger partial charge in [-0.15, -0.1) is 0 Å². The van der Waals surface area contributed by atoms with Gasteiger partial charge in [0.25, 0.3) is 0 Å². The third-order valence-corrected chi connectivity index (χ3v) is 3.97. The van der Waals surface area contributed by atoms with Gasteiger partial charge in [0.15, 0.2) is 0 Å². The zero-order valence-corrected chi connectivity index (χ0v) is 14.4. The van der Waals surface area contributed by atoms with Gasteiger partial charge in [0.2, 0.25) is 0 Å². The van der Waals surface area contributed by atoms with Crippen molar-refractivity contribution in [2.24, 2.45) is 0 Å². The van der Waals surface area contributed by atoms with Crippen molar-refractivity contribution in [2.75, 3.05) is 33.9 Å². The average molecular weight is 377 g/mol. The molecule has 0 unspecified atom stereocenters. The molecule has 0 amide bonds. The first-order valence-corrected chi connectivity index (χ1v) is 7.63. The Balaban J connectivity index is 2.67. The second-order valence-electron chi connectivity index (χ2n) is 5.22. The van der Waals surface area contributed by atoms with Gasteiger partial charge in [0.1, 0.15) is 5.75 Å².